The molecule has 0 radical (unpaired) electrons. The largest absolute Gasteiger partial charge is 0.459 e. The Morgan fingerprint density at radius 1 is 0.957 bits per heavy atom. The van der Waals surface area contributed by atoms with Crippen molar-refractivity contribution in [2.45, 2.75) is 92.9 Å². The molecule has 0 amide bonds. The minimum Gasteiger partial charge on any atom is -0.459 e. The first-order chi connectivity index (χ1) is 10.1. The maximum absolute atomic E-state index is 12.9. The molecular formula is C18H33F3O2. The summed E-state index contributed by atoms with van der Waals surface area (Å²) in [6, 6.07) is 0. The molecule has 0 spiro atoms. The third-order valence-electron chi connectivity index (χ3n) is 5.60. The molecule has 0 aliphatic carbocycles. The molecule has 0 bridgehead atoms. The van der Waals surface area contributed by atoms with E-state index in [-0.39, 0.29) is 17.8 Å². The average molecular weight is 338 g/mol. The van der Waals surface area contributed by atoms with Crippen LogP contribution in [0.25, 0.3) is 0 Å². The molecule has 0 heterocycles. The van der Waals surface area contributed by atoms with Gasteiger partial charge >= 0.3 is 12.1 Å². The number of hydrogen-bond acceptors (Lipinski definition) is 2. The zero-order valence-electron chi connectivity index (χ0n) is 15.9. The lowest BCUT2D eigenvalue weighted by atomic mass is 9.61. The predicted molar refractivity (Wildman–Crippen MR) is 87.1 cm³/mol. The first kappa shape index (κ1) is 22.3. The molecule has 0 saturated heterocycles. The Labute approximate surface area is 139 Å². The summed E-state index contributed by atoms with van der Waals surface area (Å²) < 4.78 is 43.6. The zero-order valence-corrected chi connectivity index (χ0v) is 15.9. The van der Waals surface area contributed by atoms with Gasteiger partial charge in [-0.1, -0.05) is 48.5 Å². The maximum atomic E-state index is 12.9. The molecule has 0 fully saturated rings. The van der Waals surface area contributed by atoms with Crippen molar-refractivity contribution < 1.29 is 22.7 Å². The second-order valence-corrected chi connectivity index (χ2v) is 8.00. The molecule has 2 nitrogen and oxygen atoms in total. The fraction of sp³-hybridized carbons (Fsp3) is 0.944. The van der Waals surface area contributed by atoms with Gasteiger partial charge in [-0.3, -0.25) is 4.79 Å². The van der Waals surface area contributed by atoms with Crippen LogP contribution in [0.2, 0.25) is 0 Å². The van der Waals surface area contributed by atoms with Gasteiger partial charge in [0.25, 0.3) is 0 Å². The highest BCUT2D eigenvalue weighted by Gasteiger charge is 2.50. The van der Waals surface area contributed by atoms with Gasteiger partial charge in [0.1, 0.15) is 5.60 Å². The van der Waals surface area contributed by atoms with Crippen molar-refractivity contribution in [2.24, 2.45) is 16.7 Å². The summed E-state index contributed by atoms with van der Waals surface area (Å²) in [6.07, 6.45) is -4.61. The Bertz CT molecular complexity index is 390. The number of hydrogen-bond donors (Lipinski definition) is 0. The van der Waals surface area contributed by atoms with E-state index in [0.717, 1.165) is 0 Å². The van der Waals surface area contributed by atoms with E-state index in [1.165, 1.54) is 0 Å². The van der Waals surface area contributed by atoms with Crippen LogP contribution in [0.1, 0.15) is 81.1 Å². The van der Waals surface area contributed by atoms with Crippen LogP contribution in [0.4, 0.5) is 13.2 Å². The van der Waals surface area contributed by atoms with Crippen molar-refractivity contribution in [3.8, 4) is 0 Å². The van der Waals surface area contributed by atoms with Crippen LogP contribution in [-0.4, -0.2) is 17.7 Å². The second kappa shape index (κ2) is 7.43. The van der Waals surface area contributed by atoms with Gasteiger partial charge in [-0.25, -0.2) is 0 Å². The van der Waals surface area contributed by atoms with Gasteiger partial charge in [0.15, 0.2) is 0 Å². The summed E-state index contributed by atoms with van der Waals surface area (Å²) in [5, 5.41) is 0. The average Bonchev–Trinajstić information content (AvgIpc) is 2.39. The summed E-state index contributed by atoms with van der Waals surface area (Å²) in [7, 11) is 0. The summed E-state index contributed by atoms with van der Waals surface area (Å²) in [6.45, 7) is 15.2. The lowest BCUT2D eigenvalue weighted by Crippen LogP contribution is -2.49. The normalized spacial score (nSPS) is 16.3. The monoisotopic (exact) mass is 338 g/mol. The smallest absolute Gasteiger partial charge is 0.389 e. The number of esters is 1. The molecule has 5 heteroatoms. The van der Waals surface area contributed by atoms with Gasteiger partial charge in [-0.15, -0.1) is 0 Å². The molecule has 0 aromatic carbocycles. The topological polar surface area (TPSA) is 26.3 Å². The van der Waals surface area contributed by atoms with Gasteiger partial charge < -0.3 is 4.74 Å². The molecule has 0 N–H and O–H groups in total. The van der Waals surface area contributed by atoms with Crippen molar-refractivity contribution in [3.63, 3.8) is 0 Å². The van der Waals surface area contributed by atoms with E-state index in [0.29, 0.717) is 12.8 Å². The summed E-state index contributed by atoms with van der Waals surface area (Å²) >= 11 is 0. The zero-order chi connectivity index (χ0) is 18.7. The number of carbonyl (C=O) groups is 1. The third-order valence-corrected chi connectivity index (χ3v) is 5.60. The Hall–Kier alpha value is -0.740. The summed E-state index contributed by atoms with van der Waals surface area (Å²) in [4.78, 5) is 12.9. The van der Waals surface area contributed by atoms with E-state index in [1.54, 1.807) is 13.8 Å². The molecule has 0 aromatic heterocycles. The molecule has 0 aliphatic heterocycles. The minimum absolute atomic E-state index is 0.0176. The van der Waals surface area contributed by atoms with Crippen LogP contribution in [0.5, 0.6) is 0 Å². The lowest BCUT2D eigenvalue weighted by molar-refractivity contribution is -0.191. The number of halogens is 3. The van der Waals surface area contributed by atoms with E-state index >= 15 is 0 Å². The van der Waals surface area contributed by atoms with Crippen LogP contribution in [0, 0.1) is 16.7 Å². The molecule has 1 unspecified atom stereocenters. The van der Waals surface area contributed by atoms with Crippen LogP contribution in [-0.2, 0) is 9.53 Å². The first-order valence-electron chi connectivity index (χ1n) is 8.45. The minimum atomic E-state index is -4.24. The van der Waals surface area contributed by atoms with Crippen LogP contribution < -0.4 is 0 Å². The number of ether oxygens (including phenoxy) is 1. The fourth-order valence-electron chi connectivity index (χ4n) is 2.88. The molecule has 0 rings (SSSR count). The van der Waals surface area contributed by atoms with Gasteiger partial charge in [-0.05, 0) is 37.5 Å². The highest BCUT2D eigenvalue weighted by molar-refractivity contribution is 5.78. The van der Waals surface area contributed by atoms with Crippen molar-refractivity contribution in [2.75, 3.05) is 0 Å². The predicted octanol–water partition coefficient (Wildman–Crippen LogP) is 6.14. The first-order valence-corrected chi connectivity index (χ1v) is 8.45. The van der Waals surface area contributed by atoms with Crippen LogP contribution in [0.15, 0.2) is 0 Å². The number of carbonyl (C=O) groups excluding carboxylic acids is 1. The number of rotatable bonds is 7. The van der Waals surface area contributed by atoms with Crippen molar-refractivity contribution >= 4 is 5.97 Å². The van der Waals surface area contributed by atoms with E-state index in [2.05, 4.69) is 0 Å². The van der Waals surface area contributed by atoms with Gasteiger partial charge in [0, 0.05) is 6.42 Å². The Kier molecular flexibility index (Phi) is 7.20. The van der Waals surface area contributed by atoms with Crippen molar-refractivity contribution in [1.29, 1.82) is 0 Å². The molecular weight excluding hydrogens is 305 g/mol. The highest BCUT2D eigenvalue weighted by atomic mass is 19.4. The quantitative estimate of drug-likeness (QED) is 0.521. The second-order valence-electron chi connectivity index (χ2n) is 8.00. The maximum Gasteiger partial charge on any atom is 0.389 e. The van der Waals surface area contributed by atoms with Crippen LogP contribution >= 0.6 is 0 Å². The molecule has 1 atom stereocenters. The van der Waals surface area contributed by atoms with E-state index in [9.17, 15) is 18.0 Å². The van der Waals surface area contributed by atoms with Gasteiger partial charge in [0.2, 0.25) is 0 Å². The highest BCUT2D eigenvalue weighted by Crippen LogP contribution is 2.47. The van der Waals surface area contributed by atoms with Gasteiger partial charge in [-0.2, -0.15) is 13.2 Å². The number of alkyl halides is 3. The van der Waals surface area contributed by atoms with E-state index in [4.69, 9.17) is 4.74 Å². The van der Waals surface area contributed by atoms with E-state index in [1.807, 2.05) is 41.5 Å². The Morgan fingerprint density at radius 2 is 1.39 bits per heavy atom. The lowest BCUT2D eigenvalue weighted by Gasteiger charge is -2.45. The SMILES string of the molecule is CCC(CC)(CCC(F)(F)F)OC(=O)C(C)(C(C)C)C(C)(C)C. The third kappa shape index (κ3) is 5.39. The van der Waals surface area contributed by atoms with Crippen molar-refractivity contribution in [3.05, 3.63) is 0 Å². The molecule has 0 aromatic rings. The molecule has 138 valence electrons. The van der Waals surface area contributed by atoms with E-state index < -0.39 is 29.6 Å². The summed E-state index contributed by atoms with van der Waals surface area (Å²) in [5.41, 5.74) is -2.16. The molecule has 23 heavy (non-hydrogen) atoms. The Balaban J connectivity index is 5.46. The standard InChI is InChI=1S/C18H33F3O2/c1-9-17(10-2,11-12-18(19,20)21)23-14(22)16(8,13(3)4)15(5,6)7/h13H,9-12H2,1-8H3. The fourth-order valence-corrected chi connectivity index (χ4v) is 2.88. The molecule has 0 aliphatic rings. The van der Waals surface area contributed by atoms with Crippen LogP contribution in [0.3, 0.4) is 0 Å². The Morgan fingerprint density at radius 3 is 1.65 bits per heavy atom. The summed E-state index contributed by atoms with van der Waals surface area (Å²) in [5.74, 6) is -0.380. The molecule has 0 saturated carbocycles. The van der Waals surface area contributed by atoms with Gasteiger partial charge in [0.05, 0.1) is 5.41 Å². The van der Waals surface area contributed by atoms with Crippen molar-refractivity contribution in [1.82, 2.24) is 0 Å².